The van der Waals surface area contributed by atoms with Crippen molar-refractivity contribution in [1.29, 1.82) is 0 Å². The van der Waals surface area contributed by atoms with Gasteiger partial charge >= 0.3 is 0 Å². The van der Waals surface area contributed by atoms with E-state index in [4.69, 9.17) is 25.5 Å². The Hall–Kier alpha value is -4.29. The number of aryl methyl sites for hydroxylation is 2. The highest BCUT2D eigenvalue weighted by molar-refractivity contribution is 6.30. The van der Waals surface area contributed by atoms with E-state index >= 15 is 0 Å². The summed E-state index contributed by atoms with van der Waals surface area (Å²) in [5.74, 6) is 1.24. The third kappa shape index (κ3) is 5.44. The molecule has 1 amide bonds. The molecule has 0 unspecified atom stereocenters. The van der Waals surface area contributed by atoms with Crippen molar-refractivity contribution in [3.63, 3.8) is 0 Å². The lowest BCUT2D eigenvalue weighted by Crippen LogP contribution is -2.13. The second-order valence-corrected chi connectivity index (χ2v) is 9.19. The van der Waals surface area contributed by atoms with Gasteiger partial charge in [-0.25, -0.2) is 4.98 Å². The Morgan fingerprint density at radius 1 is 0.946 bits per heavy atom. The molecule has 0 bridgehead atoms. The zero-order valence-corrected chi connectivity index (χ0v) is 21.4. The Labute approximate surface area is 219 Å². The van der Waals surface area contributed by atoms with Crippen LogP contribution in [0, 0.1) is 13.8 Å². The molecule has 7 heteroatoms. The van der Waals surface area contributed by atoms with E-state index in [0.717, 1.165) is 33.4 Å². The average molecular weight is 513 g/mol. The molecule has 186 valence electrons. The highest BCUT2D eigenvalue weighted by Gasteiger charge is 2.15. The van der Waals surface area contributed by atoms with Gasteiger partial charge in [0.15, 0.2) is 17.1 Å². The summed E-state index contributed by atoms with van der Waals surface area (Å²) < 4.78 is 17.4. The van der Waals surface area contributed by atoms with Crippen LogP contribution in [-0.2, 0) is 6.61 Å². The zero-order chi connectivity index (χ0) is 25.9. The fourth-order valence-electron chi connectivity index (χ4n) is 3.91. The van der Waals surface area contributed by atoms with Crippen LogP contribution in [0.5, 0.6) is 11.5 Å². The second kappa shape index (κ2) is 10.4. The molecule has 1 heterocycles. The van der Waals surface area contributed by atoms with Crippen LogP contribution in [0.1, 0.15) is 27.0 Å². The van der Waals surface area contributed by atoms with Crippen molar-refractivity contribution in [2.24, 2.45) is 0 Å². The number of fused-ring (bicyclic) bond motifs is 1. The second-order valence-electron chi connectivity index (χ2n) is 8.75. The number of aromatic nitrogens is 1. The Kier molecular flexibility index (Phi) is 6.84. The molecule has 0 radical (unpaired) electrons. The van der Waals surface area contributed by atoms with E-state index in [1.807, 2.05) is 74.5 Å². The van der Waals surface area contributed by atoms with E-state index in [9.17, 15) is 4.79 Å². The van der Waals surface area contributed by atoms with Crippen LogP contribution < -0.4 is 14.8 Å². The van der Waals surface area contributed by atoms with E-state index in [0.29, 0.717) is 40.3 Å². The van der Waals surface area contributed by atoms with Crippen molar-refractivity contribution in [3.05, 3.63) is 106 Å². The number of hydrogen-bond donors (Lipinski definition) is 1. The van der Waals surface area contributed by atoms with Crippen LogP contribution in [-0.4, -0.2) is 18.0 Å². The van der Waals surface area contributed by atoms with Crippen molar-refractivity contribution in [2.45, 2.75) is 20.5 Å². The Morgan fingerprint density at radius 3 is 2.54 bits per heavy atom. The number of methoxy groups -OCH3 is 1. The first-order valence-corrected chi connectivity index (χ1v) is 12.1. The number of nitrogens with zero attached hydrogens (tertiary/aromatic N) is 1. The van der Waals surface area contributed by atoms with Crippen molar-refractivity contribution in [2.75, 3.05) is 12.4 Å². The number of ether oxygens (including phenoxy) is 2. The molecule has 0 atom stereocenters. The highest BCUT2D eigenvalue weighted by Crippen LogP contribution is 2.31. The molecule has 37 heavy (non-hydrogen) atoms. The topological polar surface area (TPSA) is 73.6 Å². The average Bonchev–Trinajstić information content (AvgIpc) is 3.32. The molecule has 1 N–H and O–H groups in total. The molecule has 1 aromatic heterocycles. The number of amides is 1. The molecule has 0 aliphatic rings. The Morgan fingerprint density at radius 2 is 1.76 bits per heavy atom. The summed E-state index contributed by atoms with van der Waals surface area (Å²) in [6.45, 7) is 4.29. The number of anilines is 1. The van der Waals surface area contributed by atoms with Crippen LogP contribution in [0.15, 0.2) is 83.3 Å². The van der Waals surface area contributed by atoms with Crippen molar-refractivity contribution >= 4 is 34.3 Å². The lowest BCUT2D eigenvalue weighted by molar-refractivity contribution is 0.102. The standard InChI is InChI=1S/C30H25ClN2O4/c1-18-4-12-24-27(14-18)37-30(33-24)22-8-5-19(2)25(15-22)32-29(34)21-9-13-26(28(16-21)35-3)36-17-20-6-10-23(31)11-7-20/h4-16H,17H2,1-3H3,(H,32,34). The Balaban J connectivity index is 1.34. The molecule has 4 aromatic carbocycles. The summed E-state index contributed by atoms with van der Waals surface area (Å²) in [6, 6.07) is 24.1. The molecule has 0 aliphatic carbocycles. The van der Waals surface area contributed by atoms with Crippen LogP contribution in [0.2, 0.25) is 5.02 Å². The van der Waals surface area contributed by atoms with Crippen LogP contribution in [0.4, 0.5) is 5.69 Å². The Bertz CT molecular complexity index is 1590. The lowest BCUT2D eigenvalue weighted by atomic mass is 10.1. The summed E-state index contributed by atoms with van der Waals surface area (Å²) in [7, 11) is 1.54. The summed E-state index contributed by atoms with van der Waals surface area (Å²) in [5.41, 5.74) is 6.39. The molecule has 0 aliphatic heterocycles. The maximum Gasteiger partial charge on any atom is 0.255 e. The first-order valence-electron chi connectivity index (χ1n) is 11.7. The number of halogens is 1. The minimum atomic E-state index is -0.268. The van der Waals surface area contributed by atoms with E-state index in [-0.39, 0.29) is 5.91 Å². The van der Waals surface area contributed by atoms with Gasteiger partial charge in [-0.05, 0) is 85.1 Å². The van der Waals surface area contributed by atoms with Gasteiger partial charge in [0, 0.05) is 21.8 Å². The van der Waals surface area contributed by atoms with Gasteiger partial charge < -0.3 is 19.2 Å². The molecule has 5 aromatic rings. The first kappa shape index (κ1) is 24.4. The summed E-state index contributed by atoms with van der Waals surface area (Å²) in [4.78, 5) is 17.7. The smallest absolute Gasteiger partial charge is 0.255 e. The predicted octanol–water partition coefficient (Wildman–Crippen LogP) is 7.60. The van der Waals surface area contributed by atoms with E-state index in [2.05, 4.69) is 10.3 Å². The van der Waals surface area contributed by atoms with Crippen molar-refractivity contribution in [3.8, 4) is 23.0 Å². The van der Waals surface area contributed by atoms with Crippen LogP contribution in [0.3, 0.4) is 0 Å². The third-order valence-electron chi connectivity index (χ3n) is 6.01. The van der Waals surface area contributed by atoms with E-state index < -0.39 is 0 Å². The van der Waals surface area contributed by atoms with Crippen molar-refractivity contribution in [1.82, 2.24) is 4.98 Å². The molecule has 0 saturated heterocycles. The zero-order valence-electron chi connectivity index (χ0n) is 20.7. The number of nitrogens with one attached hydrogen (secondary N) is 1. The molecule has 6 nitrogen and oxygen atoms in total. The van der Waals surface area contributed by atoms with E-state index in [1.165, 1.54) is 0 Å². The van der Waals surface area contributed by atoms with E-state index in [1.54, 1.807) is 25.3 Å². The van der Waals surface area contributed by atoms with Gasteiger partial charge in [0.25, 0.3) is 5.91 Å². The number of hydrogen-bond acceptors (Lipinski definition) is 5. The van der Waals surface area contributed by atoms with Gasteiger partial charge in [-0.2, -0.15) is 0 Å². The van der Waals surface area contributed by atoms with Gasteiger partial charge in [0.1, 0.15) is 12.1 Å². The fraction of sp³-hybridized carbons (Fsp3) is 0.133. The van der Waals surface area contributed by atoms with Gasteiger partial charge in [0.05, 0.1) is 7.11 Å². The summed E-state index contributed by atoms with van der Waals surface area (Å²) in [6.07, 6.45) is 0. The molecular weight excluding hydrogens is 488 g/mol. The van der Waals surface area contributed by atoms with Gasteiger partial charge in [-0.1, -0.05) is 35.9 Å². The van der Waals surface area contributed by atoms with Gasteiger partial charge in [-0.3, -0.25) is 4.79 Å². The molecule has 0 spiro atoms. The van der Waals surface area contributed by atoms with Crippen LogP contribution in [0.25, 0.3) is 22.6 Å². The highest BCUT2D eigenvalue weighted by atomic mass is 35.5. The summed E-state index contributed by atoms with van der Waals surface area (Å²) in [5, 5.41) is 3.66. The molecule has 0 fully saturated rings. The van der Waals surface area contributed by atoms with Crippen LogP contribution >= 0.6 is 11.6 Å². The normalized spacial score (nSPS) is 10.9. The minimum absolute atomic E-state index is 0.268. The number of oxazole rings is 1. The summed E-state index contributed by atoms with van der Waals surface area (Å²) >= 11 is 5.95. The first-order chi connectivity index (χ1) is 17.9. The molecular formula is C30H25ClN2O4. The number of rotatable bonds is 7. The maximum absolute atomic E-state index is 13.1. The number of carbonyl (C=O) groups is 1. The van der Waals surface area contributed by atoms with Crippen molar-refractivity contribution < 1.29 is 18.7 Å². The minimum Gasteiger partial charge on any atom is -0.493 e. The largest absolute Gasteiger partial charge is 0.493 e. The maximum atomic E-state index is 13.1. The number of benzene rings is 4. The monoisotopic (exact) mass is 512 g/mol. The molecule has 0 saturated carbocycles. The fourth-order valence-corrected chi connectivity index (χ4v) is 4.04. The van der Waals surface area contributed by atoms with Gasteiger partial charge in [0.2, 0.25) is 5.89 Å². The quantitative estimate of drug-likeness (QED) is 0.243. The van der Waals surface area contributed by atoms with Gasteiger partial charge in [-0.15, -0.1) is 0 Å². The SMILES string of the molecule is COc1cc(C(=O)Nc2cc(-c3nc4ccc(C)cc4o3)ccc2C)ccc1OCc1ccc(Cl)cc1. The molecule has 5 rings (SSSR count). The number of carbonyl (C=O) groups excluding carboxylic acids is 1. The third-order valence-corrected chi connectivity index (χ3v) is 6.26. The predicted molar refractivity (Wildman–Crippen MR) is 146 cm³/mol. The lowest BCUT2D eigenvalue weighted by Gasteiger charge is -2.13.